The largest absolute Gasteiger partial charge is 0.367 e. The van der Waals surface area contributed by atoms with Gasteiger partial charge in [-0.3, -0.25) is 14.0 Å². The van der Waals surface area contributed by atoms with Crippen molar-refractivity contribution in [2.45, 2.75) is 25.0 Å². The molecule has 10 heteroatoms. The lowest BCUT2D eigenvalue weighted by molar-refractivity contribution is 0.205. The molecule has 0 amide bonds. The predicted octanol–water partition coefficient (Wildman–Crippen LogP) is 1.99. The summed E-state index contributed by atoms with van der Waals surface area (Å²) in [4.78, 5) is 17.4. The Kier molecular flexibility index (Phi) is 6.11. The molecule has 2 heterocycles. The first kappa shape index (κ1) is 22.5. The molecular formula is C22H28FN5O3S. The molecule has 0 radical (unpaired) electrons. The number of anilines is 1. The maximum absolute atomic E-state index is 14.1. The highest BCUT2D eigenvalue weighted by Gasteiger charge is 2.23. The van der Waals surface area contributed by atoms with Gasteiger partial charge in [-0.2, -0.15) is 0 Å². The summed E-state index contributed by atoms with van der Waals surface area (Å²) in [5.41, 5.74) is 1.72. The molecule has 3 aromatic rings. The molecule has 4 rings (SSSR count). The number of hydrogen-bond acceptors (Lipinski definition) is 5. The zero-order valence-electron chi connectivity index (χ0n) is 18.5. The van der Waals surface area contributed by atoms with E-state index < -0.39 is 10.0 Å². The molecule has 0 atom stereocenters. The zero-order chi connectivity index (χ0) is 23.0. The van der Waals surface area contributed by atoms with Gasteiger partial charge in [0.1, 0.15) is 5.82 Å². The predicted molar refractivity (Wildman–Crippen MR) is 123 cm³/mol. The number of rotatable bonds is 6. The van der Waals surface area contributed by atoms with E-state index in [-0.39, 0.29) is 16.4 Å². The Bertz CT molecular complexity index is 1290. The average Bonchev–Trinajstić information content (AvgIpc) is 3.04. The number of sulfonamides is 1. The first-order valence-electron chi connectivity index (χ1n) is 10.6. The summed E-state index contributed by atoms with van der Waals surface area (Å²) < 4.78 is 43.8. The number of halogens is 1. The molecule has 0 bridgehead atoms. The van der Waals surface area contributed by atoms with Gasteiger partial charge in [0, 0.05) is 46.8 Å². The monoisotopic (exact) mass is 461 g/mol. The van der Waals surface area contributed by atoms with Gasteiger partial charge in [0.25, 0.3) is 0 Å². The van der Waals surface area contributed by atoms with E-state index in [2.05, 4.69) is 4.90 Å². The average molecular weight is 462 g/mol. The Morgan fingerprint density at radius 1 is 0.969 bits per heavy atom. The number of piperazine rings is 1. The van der Waals surface area contributed by atoms with Crippen LogP contribution in [0.25, 0.3) is 11.0 Å². The topological polar surface area (TPSA) is 70.8 Å². The molecule has 0 spiro atoms. The number of benzene rings is 2. The fourth-order valence-electron chi connectivity index (χ4n) is 4.15. The van der Waals surface area contributed by atoms with E-state index in [0.29, 0.717) is 56.1 Å². The first-order valence-corrected chi connectivity index (χ1v) is 12.1. The summed E-state index contributed by atoms with van der Waals surface area (Å²) in [6.45, 7) is 5.33. The van der Waals surface area contributed by atoms with Crippen molar-refractivity contribution in [1.82, 2.24) is 18.3 Å². The van der Waals surface area contributed by atoms with E-state index in [1.165, 1.54) is 20.2 Å². The lowest BCUT2D eigenvalue weighted by Crippen LogP contribution is -2.48. The summed E-state index contributed by atoms with van der Waals surface area (Å²) in [7, 11) is -0.648. The highest BCUT2D eigenvalue weighted by molar-refractivity contribution is 7.89. The van der Waals surface area contributed by atoms with Crippen molar-refractivity contribution < 1.29 is 12.8 Å². The van der Waals surface area contributed by atoms with Crippen molar-refractivity contribution in [3.05, 3.63) is 58.8 Å². The number of fused-ring (bicyclic) bond motifs is 1. The van der Waals surface area contributed by atoms with Crippen LogP contribution in [0, 0.1) is 5.82 Å². The van der Waals surface area contributed by atoms with Crippen LogP contribution in [-0.4, -0.2) is 67.0 Å². The number of nitrogens with zero attached hydrogens (tertiary/aromatic N) is 5. The molecule has 1 aromatic heterocycles. The van der Waals surface area contributed by atoms with Gasteiger partial charge in [-0.1, -0.05) is 12.1 Å². The van der Waals surface area contributed by atoms with Crippen LogP contribution in [0.3, 0.4) is 0 Å². The number of aryl methyl sites for hydroxylation is 1. The van der Waals surface area contributed by atoms with Gasteiger partial charge in [0.2, 0.25) is 10.0 Å². The van der Waals surface area contributed by atoms with Crippen molar-refractivity contribution >= 4 is 26.7 Å². The third kappa shape index (κ3) is 3.94. The van der Waals surface area contributed by atoms with Gasteiger partial charge in [0.15, 0.2) is 0 Å². The number of imidazole rings is 1. The molecule has 32 heavy (non-hydrogen) atoms. The van der Waals surface area contributed by atoms with E-state index in [4.69, 9.17) is 0 Å². The normalized spacial score (nSPS) is 15.7. The zero-order valence-corrected chi connectivity index (χ0v) is 19.3. The molecule has 0 saturated carbocycles. The van der Waals surface area contributed by atoms with Gasteiger partial charge in [-0.25, -0.2) is 21.9 Å². The Labute approximate surface area is 187 Å². The van der Waals surface area contributed by atoms with Crippen molar-refractivity contribution in [2.75, 3.05) is 45.2 Å². The van der Waals surface area contributed by atoms with Gasteiger partial charge < -0.3 is 4.90 Å². The summed E-state index contributed by atoms with van der Waals surface area (Å²) >= 11 is 0. The van der Waals surface area contributed by atoms with Gasteiger partial charge >= 0.3 is 5.69 Å². The molecule has 1 aliphatic heterocycles. The van der Waals surface area contributed by atoms with Crippen molar-refractivity contribution in [3.8, 4) is 0 Å². The van der Waals surface area contributed by atoms with Crippen molar-refractivity contribution in [1.29, 1.82) is 0 Å². The Morgan fingerprint density at radius 3 is 2.28 bits per heavy atom. The summed E-state index contributed by atoms with van der Waals surface area (Å²) in [6.07, 6.45) is 0. The SMILES string of the molecule is CCn1c(=O)n(CN2CCN(c3ccccc3F)CC2)c2cc(S(=O)(=O)N(C)C)ccc21. The quantitative estimate of drug-likeness (QED) is 0.562. The maximum Gasteiger partial charge on any atom is 0.330 e. The van der Waals surface area contributed by atoms with Crippen molar-refractivity contribution in [3.63, 3.8) is 0 Å². The second-order valence-electron chi connectivity index (χ2n) is 8.09. The minimum absolute atomic E-state index is 0.154. The van der Waals surface area contributed by atoms with Crippen LogP contribution in [0.1, 0.15) is 6.92 Å². The van der Waals surface area contributed by atoms with Crippen LogP contribution in [-0.2, 0) is 23.2 Å². The molecular weight excluding hydrogens is 433 g/mol. The van der Waals surface area contributed by atoms with Crippen LogP contribution < -0.4 is 10.6 Å². The molecule has 0 N–H and O–H groups in total. The third-order valence-electron chi connectivity index (χ3n) is 5.99. The first-order chi connectivity index (χ1) is 15.2. The van der Waals surface area contributed by atoms with E-state index in [9.17, 15) is 17.6 Å². The summed E-state index contributed by atoms with van der Waals surface area (Å²) in [6, 6.07) is 11.5. The van der Waals surface area contributed by atoms with Gasteiger partial charge in [-0.05, 0) is 37.3 Å². The molecule has 8 nitrogen and oxygen atoms in total. The number of aromatic nitrogens is 2. The standard InChI is InChI=1S/C22H28FN5O3S/c1-4-27-20-10-9-17(32(30,31)24(2)3)15-21(20)28(22(27)29)16-25-11-13-26(14-12-25)19-8-6-5-7-18(19)23/h5-10,15H,4,11-14,16H2,1-3H3. The minimum atomic E-state index is -3.62. The van der Waals surface area contributed by atoms with Gasteiger partial charge in [-0.15, -0.1) is 0 Å². The summed E-state index contributed by atoms with van der Waals surface area (Å²) in [5, 5.41) is 0. The molecule has 0 unspecified atom stereocenters. The molecule has 1 fully saturated rings. The van der Waals surface area contributed by atoms with Crippen LogP contribution in [0.4, 0.5) is 10.1 Å². The molecule has 1 saturated heterocycles. The van der Waals surface area contributed by atoms with Crippen LogP contribution >= 0.6 is 0 Å². The summed E-state index contributed by atoms with van der Waals surface area (Å²) in [5.74, 6) is -0.238. The van der Waals surface area contributed by atoms with Crippen molar-refractivity contribution in [2.24, 2.45) is 0 Å². The molecule has 0 aliphatic carbocycles. The fraction of sp³-hybridized carbons (Fsp3) is 0.409. The second kappa shape index (κ2) is 8.68. The molecule has 2 aromatic carbocycles. The van der Waals surface area contributed by atoms with Crippen LogP contribution in [0.5, 0.6) is 0 Å². The smallest absolute Gasteiger partial charge is 0.330 e. The third-order valence-corrected chi connectivity index (χ3v) is 7.80. The second-order valence-corrected chi connectivity index (χ2v) is 10.2. The lowest BCUT2D eigenvalue weighted by Gasteiger charge is -2.36. The van der Waals surface area contributed by atoms with E-state index in [1.807, 2.05) is 17.9 Å². The minimum Gasteiger partial charge on any atom is -0.367 e. The Morgan fingerprint density at radius 2 is 1.66 bits per heavy atom. The Hall–Kier alpha value is -2.69. The highest BCUT2D eigenvalue weighted by Crippen LogP contribution is 2.23. The number of para-hydroxylation sites is 1. The van der Waals surface area contributed by atoms with E-state index in [0.717, 1.165) is 4.31 Å². The molecule has 172 valence electrons. The van der Waals surface area contributed by atoms with Gasteiger partial charge in [0.05, 0.1) is 28.3 Å². The lowest BCUT2D eigenvalue weighted by atomic mass is 10.2. The number of hydrogen-bond donors (Lipinski definition) is 0. The van der Waals surface area contributed by atoms with E-state index in [1.54, 1.807) is 39.5 Å². The maximum atomic E-state index is 14.1. The Balaban J connectivity index is 1.62. The fourth-order valence-corrected chi connectivity index (χ4v) is 5.07. The molecule has 1 aliphatic rings. The van der Waals surface area contributed by atoms with Crippen LogP contribution in [0.15, 0.2) is 52.2 Å². The van der Waals surface area contributed by atoms with E-state index >= 15 is 0 Å². The highest BCUT2D eigenvalue weighted by atomic mass is 32.2. The van der Waals surface area contributed by atoms with Crippen LogP contribution in [0.2, 0.25) is 0 Å².